The van der Waals surface area contributed by atoms with E-state index >= 15 is 0 Å². The zero-order valence-corrected chi connectivity index (χ0v) is 24.8. The standard InChI is InChI=1S/C34H45N5O2/c1-24-33(25(2)36-23-35-24)34(41)39-21-29-19-37(20-30(29)22-39)15-14-31(27-10-4-3-5-11-27)28-12-16-38(17-13-28)32(40)18-26-8-6-7-9-26/h3-5,10-11,21,23,26,28,30-31H,6-9,12-20,22H2,1-2H3. The average Bonchev–Trinajstić information content (AvgIpc) is 3.71. The fourth-order valence-corrected chi connectivity index (χ4v) is 7.89. The molecule has 3 fully saturated rings. The summed E-state index contributed by atoms with van der Waals surface area (Å²) in [7, 11) is 0. The van der Waals surface area contributed by atoms with E-state index < -0.39 is 0 Å². The number of rotatable bonds is 8. The molecule has 0 bridgehead atoms. The van der Waals surface area contributed by atoms with Crippen molar-refractivity contribution in [1.82, 2.24) is 24.7 Å². The molecular formula is C34H45N5O2. The smallest absolute Gasteiger partial charge is 0.261 e. The van der Waals surface area contributed by atoms with E-state index in [0.717, 1.165) is 76.3 Å². The highest BCUT2D eigenvalue weighted by molar-refractivity contribution is 5.97. The van der Waals surface area contributed by atoms with Crippen LogP contribution in [0.4, 0.5) is 0 Å². The largest absolute Gasteiger partial charge is 0.343 e. The van der Waals surface area contributed by atoms with Gasteiger partial charge in [0.15, 0.2) is 0 Å². The lowest BCUT2D eigenvalue weighted by molar-refractivity contribution is -0.133. The molecule has 7 nitrogen and oxygen atoms in total. The number of carbonyl (C=O) groups is 2. The number of amides is 2. The summed E-state index contributed by atoms with van der Waals surface area (Å²) >= 11 is 0. The molecule has 4 heterocycles. The maximum absolute atomic E-state index is 13.3. The lowest BCUT2D eigenvalue weighted by atomic mass is 9.78. The Morgan fingerprint density at radius 1 is 0.951 bits per heavy atom. The summed E-state index contributed by atoms with van der Waals surface area (Å²) in [6, 6.07) is 11.0. The van der Waals surface area contributed by atoms with E-state index in [4.69, 9.17) is 0 Å². The van der Waals surface area contributed by atoms with Crippen LogP contribution in [0.25, 0.3) is 0 Å². The van der Waals surface area contributed by atoms with Gasteiger partial charge >= 0.3 is 0 Å². The Morgan fingerprint density at radius 3 is 2.34 bits per heavy atom. The number of benzene rings is 1. The van der Waals surface area contributed by atoms with Crippen molar-refractivity contribution in [3.05, 3.63) is 70.9 Å². The fraction of sp³-hybridized carbons (Fsp3) is 0.588. The van der Waals surface area contributed by atoms with Crippen LogP contribution in [-0.4, -0.2) is 75.8 Å². The number of likely N-dealkylation sites (tertiary alicyclic amines) is 2. The van der Waals surface area contributed by atoms with Crippen LogP contribution in [0.1, 0.15) is 84.6 Å². The molecule has 1 aliphatic carbocycles. The normalized spacial score (nSPS) is 22.7. The Bertz CT molecular complexity index is 1240. The maximum Gasteiger partial charge on any atom is 0.261 e. The van der Waals surface area contributed by atoms with Gasteiger partial charge in [0.2, 0.25) is 5.91 Å². The van der Waals surface area contributed by atoms with Crippen molar-refractivity contribution in [2.24, 2.45) is 17.8 Å². The Labute approximate surface area is 245 Å². The van der Waals surface area contributed by atoms with Gasteiger partial charge in [0.25, 0.3) is 5.91 Å². The number of carbonyl (C=O) groups excluding carboxylic acids is 2. The van der Waals surface area contributed by atoms with Gasteiger partial charge in [-0.3, -0.25) is 14.5 Å². The molecule has 2 aromatic rings. The third kappa shape index (κ3) is 6.25. The predicted molar refractivity (Wildman–Crippen MR) is 160 cm³/mol. The molecule has 0 spiro atoms. The van der Waals surface area contributed by atoms with Gasteiger partial charge in [-0.2, -0.15) is 0 Å². The average molecular weight is 556 g/mol. The van der Waals surface area contributed by atoms with E-state index in [0.29, 0.717) is 35.1 Å². The van der Waals surface area contributed by atoms with Gasteiger partial charge in [-0.1, -0.05) is 43.2 Å². The van der Waals surface area contributed by atoms with E-state index in [-0.39, 0.29) is 5.91 Å². The topological polar surface area (TPSA) is 69.6 Å². The van der Waals surface area contributed by atoms with Crippen LogP contribution >= 0.6 is 0 Å². The molecule has 41 heavy (non-hydrogen) atoms. The first-order chi connectivity index (χ1) is 20.0. The van der Waals surface area contributed by atoms with Gasteiger partial charge in [0.1, 0.15) is 6.33 Å². The number of aromatic nitrogens is 2. The highest BCUT2D eigenvalue weighted by Gasteiger charge is 2.37. The summed E-state index contributed by atoms with van der Waals surface area (Å²) in [6.45, 7) is 9.34. The number of hydrogen-bond donors (Lipinski definition) is 0. The highest BCUT2D eigenvalue weighted by atomic mass is 16.2. The van der Waals surface area contributed by atoms with Crippen molar-refractivity contribution in [2.75, 3.05) is 39.3 Å². The molecule has 2 saturated heterocycles. The fourth-order valence-electron chi connectivity index (χ4n) is 7.89. The Balaban J connectivity index is 1.05. The van der Waals surface area contributed by atoms with E-state index in [2.05, 4.69) is 56.3 Å². The molecule has 1 saturated carbocycles. The molecule has 0 radical (unpaired) electrons. The van der Waals surface area contributed by atoms with Crippen molar-refractivity contribution in [1.29, 1.82) is 0 Å². The molecule has 3 aliphatic heterocycles. The molecule has 4 aliphatic rings. The van der Waals surface area contributed by atoms with Crippen molar-refractivity contribution in [2.45, 2.75) is 71.1 Å². The first kappa shape index (κ1) is 28.1. The minimum absolute atomic E-state index is 0.0197. The van der Waals surface area contributed by atoms with Crippen LogP contribution in [0.5, 0.6) is 0 Å². The van der Waals surface area contributed by atoms with Gasteiger partial charge in [0.05, 0.1) is 17.0 Å². The first-order valence-electron chi connectivity index (χ1n) is 15.8. The number of piperidine rings is 1. The molecule has 2 amide bonds. The van der Waals surface area contributed by atoms with Gasteiger partial charge in [-0.15, -0.1) is 0 Å². The van der Waals surface area contributed by atoms with Crippen molar-refractivity contribution in [3.8, 4) is 0 Å². The van der Waals surface area contributed by atoms with Gasteiger partial charge < -0.3 is 9.80 Å². The van der Waals surface area contributed by atoms with Crippen molar-refractivity contribution < 1.29 is 9.59 Å². The summed E-state index contributed by atoms with van der Waals surface area (Å²) in [4.78, 5) is 41.3. The molecule has 6 rings (SSSR count). The highest BCUT2D eigenvalue weighted by Crippen LogP contribution is 2.38. The van der Waals surface area contributed by atoms with Gasteiger partial charge in [-0.05, 0) is 81.4 Å². The Morgan fingerprint density at radius 2 is 1.66 bits per heavy atom. The number of hydrogen-bond acceptors (Lipinski definition) is 5. The summed E-state index contributed by atoms with van der Waals surface area (Å²) in [5.41, 5.74) is 4.94. The van der Waals surface area contributed by atoms with E-state index in [1.807, 2.05) is 18.7 Å². The molecule has 2 atom stereocenters. The summed E-state index contributed by atoms with van der Waals surface area (Å²) < 4.78 is 0. The summed E-state index contributed by atoms with van der Waals surface area (Å²) in [6.07, 6.45) is 12.8. The number of nitrogens with zero attached hydrogens (tertiary/aromatic N) is 5. The monoisotopic (exact) mass is 555 g/mol. The van der Waals surface area contributed by atoms with Crippen LogP contribution in [0, 0.1) is 31.6 Å². The lowest BCUT2D eigenvalue weighted by Crippen LogP contribution is -2.40. The third-order valence-corrected chi connectivity index (χ3v) is 10.2. The number of aryl methyl sites for hydroxylation is 2. The van der Waals surface area contributed by atoms with E-state index in [1.54, 1.807) is 0 Å². The zero-order valence-electron chi connectivity index (χ0n) is 24.8. The van der Waals surface area contributed by atoms with Crippen molar-refractivity contribution in [3.63, 3.8) is 0 Å². The second-order valence-electron chi connectivity index (χ2n) is 12.9. The lowest BCUT2D eigenvalue weighted by Gasteiger charge is -2.37. The molecule has 2 unspecified atom stereocenters. The molecule has 1 aromatic heterocycles. The summed E-state index contributed by atoms with van der Waals surface area (Å²) in [5, 5.41) is 0. The maximum atomic E-state index is 13.3. The third-order valence-electron chi connectivity index (χ3n) is 10.2. The molecule has 0 N–H and O–H groups in total. The molecule has 7 heteroatoms. The quantitative estimate of drug-likeness (QED) is 0.439. The first-order valence-corrected chi connectivity index (χ1v) is 15.8. The van der Waals surface area contributed by atoms with Crippen LogP contribution in [-0.2, 0) is 4.79 Å². The SMILES string of the molecule is Cc1ncnc(C)c1C(=O)N1C=C2CN(CCC(c3ccccc3)C3CCN(C(=O)CC4CCCC4)CC3)CC2C1. The van der Waals surface area contributed by atoms with E-state index in [1.165, 1.54) is 43.1 Å². The Hall–Kier alpha value is -3.06. The van der Waals surface area contributed by atoms with E-state index in [9.17, 15) is 9.59 Å². The molecule has 218 valence electrons. The minimum atomic E-state index is 0.0197. The summed E-state index contributed by atoms with van der Waals surface area (Å²) in [5.74, 6) is 2.57. The van der Waals surface area contributed by atoms with Crippen LogP contribution in [0.15, 0.2) is 48.4 Å². The zero-order chi connectivity index (χ0) is 28.3. The predicted octanol–water partition coefficient (Wildman–Crippen LogP) is 5.36. The molecule has 1 aromatic carbocycles. The Kier molecular flexibility index (Phi) is 8.52. The van der Waals surface area contributed by atoms with Crippen LogP contribution in [0.2, 0.25) is 0 Å². The second kappa shape index (κ2) is 12.4. The van der Waals surface area contributed by atoms with Gasteiger partial charge in [0, 0.05) is 51.3 Å². The van der Waals surface area contributed by atoms with Crippen LogP contribution in [0.3, 0.4) is 0 Å². The second-order valence-corrected chi connectivity index (χ2v) is 12.9. The van der Waals surface area contributed by atoms with Crippen LogP contribution < -0.4 is 0 Å². The number of fused-ring (bicyclic) bond motifs is 1. The van der Waals surface area contributed by atoms with Gasteiger partial charge in [-0.25, -0.2) is 9.97 Å². The van der Waals surface area contributed by atoms with Crippen molar-refractivity contribution >= 4 is 11.8 Å². The minimum Gasteiger partial charge on any atom is -0.343 e. The molecular weight excluding hydrogens is 510 g/mol.